The van der Waals surface area contributed by atoms with E-state index in [2.05, 4.69) is 10.5 Å². The summed E-state index contributed by atoms with van der Waals surface area (Å²) in [6.07, 6.45) is -6.03. The molecule has 1 amide bonds. The molecule has 0 fully saturated rings. The summed E-state index contributed by atoms with van der Waals surface area (Å²) in [5.41, 5.74) is 2.92. The Balaban J connectivity index is 2.55. The standard InChI is InChI=1S/C16H23ClN2O6/c1-8-6-11(17)4-5-13(8)25-10(3)16(24)19-18-7-12(21)15(23)14(22)9(2)20/h4-7,9-10,12,14-15,20-23H,1-3H3,(H,19,24)/b18-7-/t9-,10+,12+,14-,15+/m1/s1. The van der Waals surface area contributed by atoms with Gasteiger partial charge in [0.2, 0.25) is 0 Å². The first-order chi connectivity index (χ1) is 11.6. The first-order valence-electron chi connectivity index (χ1n) is 7.61. The van der Waals surface area contributed by atoms with Crippen molar-refractivity contribution >= 4 is 23.7 Å². The van der Waals surface area contributed by atoms with Crippen molar-refractivity contribution in [1.82, 2.24) is 5.43 Å². The fourth-order valence-corrected chi connectivity index (χ4v) is 2.06. The SMILES string of the molecule is Cc1cc(Cl)ccc1O[C@@H](C)C(=O)N/N=C\[C@H](O)[C@H](O)[C@H](O)[C@@H](C)O. The molecule has 1 aromatic carbocycles. The van der Waals surface area contributed by atoms with E-state index in [4.69, 9.17) is 21.4 Å². The van der Waals surface area contributed by atoms with Crippen LogP contribution in [0.15, 0.2) is 23.3 Å². The van der Waals surface area contributed by atoms with Crippen LogP contribution in [0.4, 0.5) is 0 Å². The van der Waals surface area contributed by atoms with Gasteiger partial charge in [0.1, 0.15) is 24.1 Å². The molecule has 8 nitrogen and oxygen atoms in total. The van der Waals surface area contributed by atoms with E-state index in [1.54, 1.807) is 25.1 Å². The Morgan fingerprint density at radius 3 is 2.44 bits per heavy atom. The molecule has 0 heterocycles. The topological polar surface area (TPSA) is 132 Å². The zero-order chi connectivity index (χ0) is 19.1. The quantitative estimate of drug-likeness (QED) is 0.321. The van der Waals surface area contributed by atoms with Gasteiger partial charge in [-0.05, 0) is 44.5 Å². The van der Waals surface area contributed by atoms with E-state index in [9.17, 15) is 20.1 Å². The van der Waals surface area contributed by atoms with Crippen LogP contribution in [0, 0.1) is 6.92 Å². The van der Waals surface area contributed by atoms with E-state index in [1.165, 1.54) is 13.8 Å². The number of rotatable bonds is 8. The van der Waals surface area contributed by atoms with Crippen LogP contribution in [-0.2, 0) is 4.79 Å². The number of halogens is 1. The Hall–Kier alpha value is -1.71. The first kappa shape index (κ1) is 21.3. The number of aryl methyl sites for hydroxylation is 1. The summed E-state index contributed by atoms with van der Waals surface area (Å²) in [5.74, 6) is -0.0880. The van der Waals surface area contributed by atoms with Crippen LogP contribution < -0.4 is 10.2 Å². The second-order valence-electron chi connectivity index (χ2n) is 5.64. The number of aliphatic hydroxyl groups is 4. The molecule has 9 heteroatoms. The lowest BCUT2D eigenvalue weighted by atomic mass is 10.1. The van der Waals surface area contributed by atoms with Gasteiger partial charge in [-0.25, -0.2) is 5.43 Å². The van der Waals surface area contributed by atoms with Crippen molar-refractivity contribution < 1.29 is 30.0 Å². The van der Waals surface area contributed by atoms with Crippen molar-refractivity contribution in [2.45, 2.75) is 51.3 Å². The molecule has 0 unspecified atom stereocenters. The molecule has 0 aliphatic rings. The van der Waals surface area contributed by atoms with Crippen LogP contribution in [0.2, 0.25) is 5.02 Å². The molecule has 5 atom stereocenters. The Kier molecular flexibility index (Phi) is 8.27. The van der Waals surface area contributed by atoms with E-state index in [0.29, 0.717) is 10.8 Å². The third-order valence-corrected chi connectivity index (χ3v) is 3.64. The lowest BCUT2D eigenvalue weighted by Crippen LogP contribution is -2.44. The Bertz CT molecular complexity index is 610. The largest absolute Gasteiger partial charge is 0.481 e. The van der Waals surface area contributed by atoms with Crippen molar-refractivity contribution in [3.05, 3.63) is 28.8 Å². The van der Waals surface area contributed by atoms with E-state index in [-0.39, 0.29) is 0 Å². The summed E-state index contributed by atoms with van der Waals surface area (Å²) >= 11 is 5.85. The molecule has 1 aromatic rings. The Morgan fingerprint density at radius 2 is 1.88 bits per heavy atom. The Labute approximate surface area is 150 Å². The van der Waals surface area contributed by atoms with Crippen molar-refractivity contribution in [1.29, 1.82) is 0 Å². The van der Waals surface area contributed by atoms with Gasteiger partial charge in [0, 0.05) is 5.02 Å². The average molecular weight is 375 g/mol. The summed E-state index contributed by atoms with van der Waals surface area (Å²) in [6, 6.07) is 4.98. The van der Waals surface area contributed by atoms with Gasteiger partial charge in [-0.3, -0.25) is 4.79 Å². The van der Waals surface area contributed by atoms with Crippen LogP contribution >= 0.6 is 11.6 Å². The summed E-state index contributed by atoms with van der Waals surface area (Å²) in [4.78, 5) is 11.9. The lowest BCUT2D eigenvalue weighted by Gasteiger charge is -2.22. The average Bonchev–Trinajstić information content (AvgIpc) is 2.55. The van der Waals surface area contributed by atoms with Crippen molar-refractivity contribution in [3.8, 4) is 5.75 Å². The molecular formula is C16H23ClN2O6. The normalized spacial score (nSPS) is 17.6. The van der Waals surface area contributed by atoms with Gasteiger partial charge in [-0.15, -0.1) is 0 Å². The number of benzene rings is 1. The number of hydrogen-bond acceptors (Lipinski definition) is 7. The maximum atomic E-state index is 11.9. The van der Waals surface area contributed by atoms with E-state index in [1.807, 2.05) is 0 Å². The second kappa shape index (κ2) is 9.69. The van der Waals surface area contributed by atoms with Gasteiger partial charge in [-0.2, -0.15) is 5.10 Å². The second-order valence-corrected chi connectivity index (χ2v) is 6.07. The monoisotopic (exact) mass is 374 g/mol. The molecule has 25 heavy (non-hydrogen) atoms. The molecule has 0 aromatic heterocycles. The van der Waals surface area contributed by atoms with Gasteiger partial charge < -0.3 is 25.2 Å². The van der Waals surface area contributed by atoms with E-state index >= 15 is 0 Å². The van der Waals surface area contributed by atoms with Gasteiger partial charge >= 0.3 is 0 Å². The minimum atomic E-state index is -1.65. The molecule has 5 N–H and O–H groups in total. The molecule has 0 saturated heterocycles. The number of carbonyl (C=O) groups excluding carboxylic acids is 1. The number of hydrazone groups is 1. The molecule has 0 bridgehead atoms. The third-order valence-electron chi connectivity index (χ3n) is 3.41. The highest BCUT2D eigenvalue weighted by Crippen LogP contribution is 2.22. The molecular weight excluding hydrogens is 352 g/mol. The summed E-state index contributed by atoms with van der Waals surface area (Å²) < 4.78 is 5.51. The van der Waals surface area contributed by atoms with E-state index in [0.717, 1.165) is 11.8 Å². The highest BCUT2D eigenvalue weighted by Gasteiger charge is 2.27. The molecule has 0 aliphatic heterocycles. The zero-order valence-electron chi connectivity index (χ0n) is 14.1. The van der Waals surface area contributed by atoms with Gasteiger partial charge in [0.15, 0.2) is 6.10 Å². The van der Waals surface area contributed by atoms with Crippen LogP contribution in [-0.4, -0.2) is 63.1 Å². The minimum Gasteiger partial charge on any atom is -0.481 e. The minimum absolute atomic E-state index is 0.492. The predicted octanol–water partition coefficient (Wildman–Crippen LogP) is -0.0188. The number of nitrogens with one attached hydrogen (secondary N) is 1. The van der Waals surface area contributed by atoms with Crippen molar-refractivity contribution in [2.75, 3.05) is 0 Å². The van der Waals surface area contributed by atoms with Crippen LogP contribution in [0.5, 0.6) is 5.75 Å². The van der Waals surface area contributed by atoms with Crippen LogP contribution in [0.1, 0.15) is 19.4 Å². The van der Waals surface area contributed by atoms with Crippen LogP contribution in [0.3, 0.4) is 0 Å². The fourth-order valence-electron chi connectivity index (χ4n) is 1.83. The number of ether oxygens (including phenoxy) is 1. The zero-order valence-corrected chi connectivity index (χ0v) is 14.9. The summed E-state index contributed by atoms with van der Waals surface area (Å²) in [7, 11) is 0. The van der Waals surface area contributed by atoms with Gasteiger partial charge in [0.25, 0.3) is 5.91 Å². The molecule has 1 rings (SSSR count). The smallest absolute Gasteiger partial charge is 0.280 e. The summed E-state index contributed by atoms with van der Waals surface area (Å²) in [6.45, 7) is 4.56. The lowest BCUT2D eigenvalue weighted by molar-refractivity contribution is -0.127. The number of hydrogen-bond donors (Lipinski definition) is 5. The van der Waals surface area contributed by atoms with Crippen molar-refractivity contribution in [3.63, 3.8) is 0 Å². The number of carbonyl (C=O) groups is 1. The molecule has 0 saturated carbocycles. The van der Waals surface area contributed by atoms with Crippen molar-refractivity contribution in [2.24, 2.45) is 5.10 Å². The number of amides is 1. The van der Waals surface area contributed by atoms with Crippen LogP contribution in [0.25, 0.3) is 0 Å². The molecule has 0 spiro atoms. The maximum Gasteiger partial charge on any atom is 0.280 e. The number of aliphatic hydroxyl groups excluding tert-OH is 4. The highest BCUT2D eigenvalue weighted by atomic mass is 35.5. The van der Waals surface area contributed by atoms with Gasteiger partial charge in [0.05, 0.1) is 12.3 Å². The van der Waals surface area contributed by atoms with Gasteiger partial charge in [-0.1, -0.05) is 11.6 Å². The predicted molar refractivity (Wildman–Crippen MR) is 92.6 cm³/mol. The molecule has 140 valence electrons. The fraction of sp³-hybridized carbons (Fsp3) is 0.500. The third kappa shape index (κ3) is 6.60. The Morgan fingerprint density at radius 1 is 1.24 bits per heavy atom. The molecule has 0 aliphatic carbocycles. The highest BCUT2D eigenvalue weighted by molar-refractivity contribution is 6.30. The maximum absolute atomic E-state index is 11.9. The first-order valence-corrected chi connectivity index (χ1v) is 7.99. The molecule has 0 radical (unpaired) electrons. The van der Waals surface area contributed by atoms with E-state index < -0.39 is 36.4 Å². The summed E-state index contributed by atoms with van der Waals surface area (Å²) in [5, 5.41) is 41.8. The number of nitrogens with zero attached hydrogens (tertiary/aromatic N) is 1.